The van der Waals surface area contributed by atoms with Gasteiger partial charge in [-0.25, -0.2) is 14.6 Å². The van der Waals surface area contributed by atoms with Crippen LogP contribution in [-0.2, 0) is 12.6 Å². The molecule has 0 fully saturated rings. The second-order valence-corrected chi connectivity index (χ2v) is 7.31. The summed E-state index contributed by atoms with van der Waals surface area (Å²) in [5.41, 5.74) is 3.35. The molecule has 0 saturated heterocycles. The standard InChI is InChI=1S/C22H16F3N5O/c23-22(24,25)19-5-2-6-20(28-19)30-18-11-14(7-8-15(18)12-26-30)16-10-9-13-3-1-4-17(29-31)21(13)27-16/h2,5-12,31H,1,3-4H2/b29-17-. The van der Waals surface area contributed by atoms with E-state index in [-0.39, 0.29) is 5.82 Å². The van der Waals surface area contributed by atoms with Gasteiger partial charge in [-0.3, -0.25) is 0 Å². The number of oxime groups is 1. The second-order valence-electron chi connectivity index (χ2n) is 7.31. The van der Waals surface area contributed by atoms with Crippen LogP contribution in [0, 0.1) is 0 Å². The average Bonchev–Trinajstić information content (AvgIpc) is 3.21. The number of aromatic nitrogens is 4. The van der Waals surface area contributed by atoms with Crippen molar-refractivity contribution in [2.75, 3.05) is 0 Å². The van der Waals surface area contributed by atoms with Crippen LogP contribution < -0.4 is 0 Å². The van der Waals surface area contributed by atoms with E-state index >= 15 is 0 Å². The lowest BCUT2D eigenvalue weighted by molar-refractivity contribution is -0.141. The third kappa shape index (κ3) is 3.41. The summed E-state index contributed by atoms with van der Waals surface area (Å²) in [6.45, 7) is 0. The first-order valence-electron chi connectivity index (χ1n) is 9.68. The van der Waals surface area contributed by atoms with Crippen molar-refractivity contribution in [1.29, 1.82) is 0 Å². The van der Waals surface area contributed by atoms with Gasteiger partial charge >= 0.3 is 6.18 Å². The Balaban J connectivity index is 1.61. The number of benzene rings is 1. The zero-order chi connectivity index (χ0) is 21.6. The molecule has 0 radical (unpaired) electrons. The van der Waals surface area contributed by atoms with Crippen LogP contribution in [-0.4, -0.2) is 30.7 Å². The van der Waals surface area contributed by atoms with Crippen molar-refractivity contribution in [2.45, 2.75) is 25.4 Å². The molecule has 156 valence electrons. The lowest BCUT2D eigenvalue weighted by atomic mass is 9.93. The van der Waals surface area contributed by atoms with Crippen LogP contribution in [0.3, 0.4) is 0 Å². The number of aryl methyl sites for hydroxylation is 1. The van der Waals surface area contributed by atoms with Gasteiger partial charge in [-0.15, -0.1) is 0 Å². The Bertz CT molecular complexity index is 1330. The van der Waals surface area contributed by atoms with Crippen molar-refractivity contribution in [3.05, 3.63) is 71.7 Å². The van der Waals surface area contributed by atoms with E-state index in [4.69, 9.17) is 4.98 Å². The van der Waals surface area contributed by atoms with Gasteiger partial charge in [0.25, 0.3) is 0 Å². The SMILES string of the molecule is O/N=C1/CCCc2ccc(-c3ccc4cnn(-c5cccc(C(F)(F)F)n5)c4c3)nc21. The molecule has 3 heterocycles. The van der Waals surface area contributed by atoms with Crippen molar-refractivity contribution < 1.29 is 18.4 Å². The highest BCUT2D eigenvalue weighted by Gasteiger charge is 2.32. The monoisotopic (exact) mass is 423 g/mol. The highest BCUT2D eigenvalue weighted by atomic mass is 19.4. The third-order valence-electron chi connectivity index (χ3n) is 5.34. The van der Waals surface area contributed by atoms with E-state index in [9.17, 15) is 18.4 Å². The number of nitrogens with zero attached hydrogens (tertiary/aromatic N) is 5. The normalized spacial score (nSPS) is 15.4. The molecule has 0 bridgehead atoms. The van der Waals surface area contributed by atoms with Crippen LogP contribution in [0.2, 0.25) is 0 Å². The highest BCUT2D eigenvalue weighted by molar-refractivity contribution is 6.01. The van der Waals surface area contributed by atoms with E-state index in [2.05, 4.69) is 15.2 Å². The molecule has 0 aliphatic heterocycles. The summed E-state index contributed by atoms with van der Waals surface area (Å²) < 4.78 is 40.6. The fourth-order valence-corrected chi connectivity index (χ4v) is 3.82. The molecule has 0 amide bonds. The molecule has 1 aromatic carbocycles. The van der Waals surface area contributed by atoms with Gasteiger partial charge in [0.15, 0.2) is 5.82 Å². The van der Waals surface area contributed by atoms with Crippen LogP contribution in [0.15, 0.2) is 59.9 Å². The maximum atomic E-state index is 13.1. The molecule has 3 aromatic heterocycles. The predicted molar refractivity (Wildman–Crippen MR) is 108 cm³/mol. The van der Waals surface area contributed by atoms with Gasteiger partial charge < -0.3 is 5.21 Å². The zero-order valence-corrected chi connectivity index (χ0v) is 16.1. The Hall–Kier alpha value is -3.75. The van der Waals surface area contributed by atoms with Crippen LogP contribution >= 0.6 is 0 Å². The minimum absolute atomic E-state index is 0.0788. The molecule has 1 aliphatic carbocycles. The summed E-state index contributed by atoms with van der Waals surface area (Å²) in [4.78, 5) is 8.42. The molecule has 0 unspecified atom stereocenters. The predicted octanol–water partition coefficient (Wildman–Crippen LogP) is 5.02. The fourth-order valence-electron chi connectivity index (χ4n) is 3.82. The lowest BCUT2D eigenvalue weighted by Gasteiger charge is -2.16. The van der Waals surface area contributed by atoms with Gasteiger partial charge in [-0.2, -0.15) is 18.3 Å². The quantitative estimate of drug-likeness (QED) is 0.363. The summed E-state index contributed by atoms with van der Waals surface area (Å²) in [6, 6.07) is 13.1. The van der Waals surface area contributed by atoms with Crippen LogP contribution in [0.25, 0.3) is 28.0 Å². The van der Waals surface area contributed by atoms with E-state index in [0.717, 1.165) is 35.4 Å². The largest absolute Gasteiger partial charge is 0.433 e. The Kier molecular flexibility index (Phi) is 4.46. The number of fused-ring (bicyclic) bond motifs is 2. The molecule has 4 aromatic rings. The van der Waals surface area contributed by atoms with Crippen molar-refractivity contribution in [2.24, 2.45) is 5.16 Å². The van der Waals surface area contributed by atoms with Gasteiger partial charge in [-0.1, -0.05) is 29.4 Å². The number of hydrogen-bond acceptors (Lipinski definition) is 5. The number of alkyl halides is 3. The van der Waals surface area contributed by atoms with E-state index < -0.39 is 11.9 Å². The van der Waals surface area contributed by atoms with E-state index in [1.54, 1.807) is 6.20 Å². The van der Waals surface area contributed by atoms with Crippen LogP contribution in [0.1, 0.15) is 29.8 Å². The molecule has 0 atom stereocenters. The minimum Gasteiger partial charge on any atom is -0.411 e. The van der Waals surface area contributed by atoms with Crippen LogP contribution in [0.4, 0.5) is 13.2 Å². The molecule has 31 heavy (non-hydrogen) atoms. The highest BCUT2D eigenvalue weighted by Crippen LogP contribution is 2.30. The number of halogens is 3. The summed E-state index contributed by atoms with van der Waals surface area (Å²) in [6.07, 6.45) is -0.523. The number of rotatable bonds is 2. The molecule has 1 N–H and O–H groups in total. The zero-order valence-electron chi connectivity index (χ0n) is 16.1. The summed E-state index contributed by atoms with van der Waals surface area (Å²) in [5.74, 6) is 0.0788. The maximum Gasteiger partial charge on any atom is 0.433 e. The number of pyridine rings is 2. The van der Waals surface area contributed by atoms with Crippen molar-refractivity contribution in [3.8, 4) is 17.1 Å². The summed E-state index contributed by atoms with van der Waals surface area (Å²) in [7, 11) is 0. The van der Waals surface area contributed by atoms with E-state index in [0.29, 0.717) is 29.0 Å². The Morgan fingerprint density at radius 1 is 1.00 bits per heavy atom. The van der Waals surface area contributed by atoms with Gasteiger partial charge in [-0.05, 0) is 49.1 Å². The first-order valence-corrected chi connectivity index (χ1v) is 9.68. The molecule has 9 heteroatoms. The first kappa shape index (κ1) is 19.2. The molecule has 0 saturated carbocycles. The van der Waals surface area contributed by atoms with Gasteiger partial charge in [0.2, 0.25) is 0 Å². The molecular weight excluding hydrogens is 407 g/mol. The van der Waals surface area contributed by atoms with Crippen molar-refractivity contribution >= 4 is 16.6 Å². The lowest BCUT2D eigenvalue weighted by Crippen LogP contribution is -2.14. The molecule has 0 spiro atoms. The third-order valence-corrected chi connectivity index (χ3v) is 5.34. The summed E-state index contributed by atoms with van der Waals surface area (Å²) in [5, 5.41) is 17.7. The molecular formula is C22H16F3N5O. The van der Waals surface area contributed by atoms with E-state index in [1.165, 1.54) is 16.8 Å². The average molecular weight is 423 g/mol. The maximum absolute atomic E-state index is 13.1. The topological polar surface area (TPSA) is 76.2 Å². The first-order chi connectivity index (χ1) is 14.9. The second kappa shape index (κ2) is 7.19. The Morgan fingerprint density at radius 3 is 2.68 bits per heavy atom. The van der Waals surface area contributed by atoms with E-state index in [1.807, 2.05) is 30.3 Å². The van der Waals surface area contributed by atoms with Crippen molar-refractivity contribution in [1.82, 2.24) is 19.7 Å². The number of hydrogen-bond donors (Lipinski definition) is 1. The van der Waals surface area contributed by atoms with Gasteiger partial charge in [0.1, 0.15) is 11.4 Å². The van der Waals surface area contributed by atoms with Crippen molar-refractivity contribution in [3.63, 3.8) is 0 Å². The summed E-state index contributed by atoms with van der Waals surface area (Å²) >= 11 is 0. The smallest absolute Gasteiger partial charge is 0.411 e. The Morgan fingerprint density at radius 2 is 1.87 bits per heavy atom. The molecule has 5 rings (SSSR count). The fraction of sp³-hybridized carbons (Fsp3) is 0.182. The van der Waals surface area contributed by atoms with Gasteiger partial charge in [0, 0.05) is 10.9 Å². The van der Waals surface area contributed by atoms with Crippen LogP contribution in [0.5, 0.6) is 0 Å². The minimum atomic E-state index is -4.54. The Labute approximate surface area is 174 Å². The molecule has 1 aliphatic rings. The van der Waals surface area contributed by atoms with Gasteiger partial charge in [0.05, 0.1) is 23.1 Å². The molecule has 6 nitrogen and oxygen atoms in total.